The van der Waals surface area contributed by atoms with Crippen LogP contribution in [0.5, 0.6) is 0 Å². The average molecular weight is 290 g/mol. The van der Waals surface area contributed by atoms with Gasteiger partial charge < -0.3 is 15.0 Å². The molecule has 1 heterocycles. The van der Waals surface area contributed by atoms with Crippen molar-refractivity contribution in [2.24, 2.45) is 0 Å². The lowest BCUT2D eigenvalue weighted by atomic mass is 10.1. The van der Waals surface area contributed by atoms with Crippen molar-refractivity contribution in [2.45, 2.75) is 52.9 Å². The van der Waals surface area contributed by atoms with Gasteiger partial charge in [-0.2, -0.15) is 0 Å². The molecule has 0 bridgehead atoms. The maximum Gasteiger partial charge on any atom is 0.407 e. The summed E-state index contributed by atoms with van der Waals surface area (Å²) in [6.07, 6.45) is -0.423. The van der Waals surface area contributed by atoms with Crippen LogP contribution < -0.4 is 5.32 Å². The van der Waals surface area contributed by atoms with E-state index in [0.29, 0.717) is 19.6 Å². The van der Waals surface area contributed by atoms with E-state index in [2.05, 4.69) is 5.32 Å². The molecular weight excluding hydrogens is 268 g/mol. The molecule has 0 fully saturated rings. The Morgan fingerprint density at radius 2 is 1.90 bits per heavy atom. The molecule has 0 unspecified atom stereocenters. The number of nitrogens with zero attached hydrogens (tertiary/aromatic N) is 1. The molecule has 1 N–H and O–H groups in total. The summed E-state index contributed by atoms with van der Waals surface area (Å²) in [5.74, 6) is 0.0830. The predicted molar refractivity (Wildman–Crippen MR) is 79.4 cm³/mol. The highest BCUT2D eigenvalue weighted by Crippen LogP contribution is 2.23. The number of amides is 2. The van der Waals surface area contributed by atoms with Crippen molar-refractivity contribution in [3.8, 4) is 0 Å². The van der Waals surface area contributed by atoms with E-state index in [9.17, 15) is 9.59 Å². The van der Waals surface area contributed by atoms with Crippen LogP contribution in [0, 0.1) is 0 Å². The summed E-state index contributed by atoms with van der Waals surface area (Å²) in [7, 11) is 0. The largest absolute Gasteiger partial charge is 0.444 e. The quantitative estimate of drug-likeness (QED) is 0.910. The van der Waals surface area contributed by atoms with Gasteiger partial charge in [0, 0.05) is 26.6 Å². The third kappa shape index (κ3) is 4.21. The standard InChI is InChI=1S/C16H22N2O3/c1-11(19)18-9-13-6-5-12(7-14(13)10-18)8-17-15(20)21-16(2,3)4/h5-7H,8-10H2,1-4H3,(H,17,20). The van der Waals surface area contributed by atoms with Crippen LogP contribution in [0.25, 0.3) is 0 Å². The molecule has 2 amide bonds. The number of alkyl carbamates (subject to hydrolysis) is 1. The SMILES string of the molecule is CC(=O)N1Cc2ccc(CNC(=O)OC(C)(C)C)cc2C1. The first kappa shape index (κ1) is 15.4. The van der Waals surface area contributed by atoms with Crippen LogP contribution >= 0.6 is 0 Å². The van der Waals surface area contributed by atoms with Gasteiger partial charge in [0.1, 0.15) is 5.60 Å². The van der Waals surface area contributed by atoms with E-state index >= 15 is 0 Å². The first-order valence-electron chi connectivity index (χ1n) is 7.07. The van der Waals surface area contributed by atoms with Crippen LogP contribution in [0.15, 0.2) is 18.2 Å². The number of rotatable bonds is 2. The lowest BCUT2D eigenvalue weighted by molar-refractivity contribution is -0.129. The second kappa shape index (κ2) is 5.76. The molecule has 1 aliphatic heterocycles. The fraction of sp³-hybridized carbons (Fsp3) is 0.500. The van der Waals surface area contributed by atoms with Crippen molar-refractivity contribution in [2.75, 3.05) is 0 Å². The third-order valence-corrected chi connectivity index (χ3v) is 3.27. The van der Waals surface area contributed by atoms with Gasteiger partial charge in [-0.05, 0) is 37.5 Å². The molecule has 0 spiro atoms. The summed E-state index contributed by atoms with van der Waals surface area (Å²) in [5, 5.41) is 2.74. The van der Waals surface area contributed by atoms with Gasteiger partial charge in [-0.25, -0.2) is 4.79 Å². The zero-order valence-corrected chi connectivity index (χ0v) is 13.0. The maximum atomic E-state index is 11.6. The number of nitrogens with one attached hydrogen (secondary N) is 1. The number of carbonyl (C=O) groups is 2. The van der Waals surface area contributed by atoms with E-state index < -0.39 is 11.7 Å². The van der Waals surface area contributed by atoms with Crippen LogP contribution in [-0.4, -0.2) is 22.5 Å². The zero-order valence-electron chi connectivity index (χ0n) is 13.0. The minimum absolute atomic E-state index is 0.0830. The molecule has 0 saturated heterocycles. The topological polar surface area (TPSA) is 58.6 Å². The number of benzene rings is 1. The summed E-state index contributed by atoms with van der Waals surface area (Å²) < 4.78 is 5.20. The Labute approximate surface area is 125 Å². The molecule has 5 nitrogen and oxygen atoms in total. The van der Waals surface area contributed by atoms with Crippen molar-refractivity contribution in [1.29, 1.82) is 0 Å². The molecule has 21 heavy (non-hydrogen) atoms. The molecular formula is C16H22N2O3. The van der Waals surface area contributed by atoms with Crippen LogP contribution in [0.4, 0.5) is 4.79 Å². The van der Waals surface area contributed by atoms with Gasteiger partial charge in [0.15, 0.2) is 0 Å². The van der Waals surface area contributed by atoms with Crippen molar-refractivity contribution in [3.05, 3.63) is 34.9 Å². The molecule has 1 aromatic rings. The summed E-state index contributed by atoms with van der Waals surface area (Å²) >= 11 is 0. The molecule has 0 aromatic heterocycles. The molecule has 0 radical (unpaired) electrons. The zero-order chi connectivity index (χ0) is 15.6. The van der Waals surface area contributed by atoms with Gasteiger partial charge in [-0.3, -0.25) is 4.79 Å². The van der Waals surface area contributed by atoms with Gasteiger partial charge in [-0.15, -0.1) is 0 Å². The first-order valence-corrected chi connectivity index (χ1v) is 7.07. The van der Waals surface area contributed by atoms with Crippen LogP contribution in [0.2, 0.25) is 0 Å². The lowest BCUT2D eigenvalue weighted by Gasteiger charge is -2.19. The van der Waals surface area contributed by atoms with E-state index in [0.717, 1.165) is 11.1 Å². The second-order valence-electron chi connectivity index (χ2n) is 6.33. The van der Waals surface area contributed by atoms with E-state index in [1.165, 1.54) is 5.56 Å². The van der Waals surface area contributed by atoms with Gasteiger partial charge in [0.25, 0.3) is 0 Å². The number of fused-ring (bicyclic) bond motifs is 1. The van der Waals surface area contributed by atoms with Gasteiger partial charge in [0.2, 0.25) is 5.91 Å². The van der Waals surface area contributed by atoms with Gasteiger partial charge >= 0.3 is 6.09 Å². The second-order valence-corrected chi connectivity index (χ2v) is 6.33. The molecule has 1 aromatic carbocycles. The van der Waals surface area contributed by atoms with Crippen LogP contribution in [-0.2, 0) is 29.2 Å². The Bertz CT molecular complexity index is 561. The van der Waals surface area contributed by atoms with Gasteiger partial charge in [-0.1, -0.05) is 18.2 Å². The summed E-state index contributed by atoms with van der Waals surface area (Å²) in [6, 6.07) is 6.03. The van der Waals surface area contributed by atoms with Crippen molar-refractivity contribution in [1.82, 2.24) is 10.2 Å². The van der Waals surface area contributed by atoms with Gasteiger partial charge in [0.05, 0.1) is 0 Å². The minimum atomic E-state index is -0.496. The maximum absolute atomic E-state index is 11.6. The third-order valence-electron chi connectivity index (χ3n) is 3.27. The van der Waals surface area contributed by atoms with Crippen molar-refractivity contribution in [3.63, 3.8) is 0 Å². The fourth-order valence-electron chi connectivity index (χ4n) is 2.27. The summed E-state index contributed by atoms with van der Waals surface area (Å²) in [4.78, 5) is 24.8. The van der Waals surface area contributed by atoms with E-state index in [-0.39, 0.29) is 5.91 Å². The Morgan fingerprint density at radius 1 is 1.24 bits per heavy atom. The Kier molecular flexibility index (Phi) is 4.21. The van der Waals surface area contributed by atoms with E-state index in [1.54, 1.807) is 11.8 Å². The highest BCUT2D eigenvalue weighted by molar-refractivity contribution is 5.74. The van der Waals surface area contributed by atoms with Crippen molar-refractivity contribution < 1.29 is 14.3 Å². The smallest absolute Gasteiger partial charge is 0.407 e. The predicted octanol–water partition coefficient (Wildman–Crippen LogP) is 2.57. The summed E-state index contributed by atoms with van der Waals surface area (Å²) in [5.41, 5.74) is 2.83. The summed E-state index contributed by atoms with van der Waals surface area (Å²) in [6.45, 7) is 8.81. The Balaban J connectivity index is 1.94. The van der Waals surface area contributed by atoms with E-state index in [1.807, 2.05) is 39.0 Å². The fourth-order valence-corrected chi connectivity index (χ4v) is 2.27. The average Bonchev–Trinajstić information content (AvgIpc) is 2.77. The molecule has 2 rings (SSSR count). The number of carbonyl (C=O) groups excluding carboxylic acids is 2. The normalized spacial score (nSPS) is 13.8. The first-order chi connectivity index (χ1) is 9.74. The molecule has 114 valence electrons. The van der Waals surface area contributed by atoms with Crippen LogP contribution in [0.1, 0.15) is 44.4 Å². The highest BCUT2D eigenvalue weighted by Gasteiger charge is 2.21. The highest BCUT2D eigenvalue weighted by atomic mass is 16.6. The molecule has 0 saturated carbocycles. The number of ether oxygens (including phenoxy) is 1. The lowest BCUT2D eigenvalue weighted by Crippen LogP contribution is -2.32. The minimum Gasteiger partial charge on any atom is -0.444 e. The Hall–Kier alpha value is -2.04. The number of hydrogen-bond acceptors (Lipinski definition) is 3. The molecule has 0 aliphatic carbocycles. The monoisotopic (exact) mass is 290 g/mol. The van der Waals surface area contributed by atoms with Crippen molar-refractivity contribution >= 4 is 12.0 Å². The van der Waals surface area contributed by atoms with Crippen LogP contribution in [0.3, 0.4) is 0 Å². The Morgan fingerprint density at radius 3 is 2.52 bits per heavy atom. The molecule has 5 heteroatoms. The number of hydrogen-bond donors (Lipinski definition) is 1. The van der Waals surface area contributed by atoms with E-state index in [4.69, 9.17) is 4.74 Å². The molecule has 1 aliphatic rings. The molecule has 0 atom stereocenters.